The van der Waals surface area contributed by atoms with Crippen LogP contribution < -0.4 is 0 Å². The minimum Gasteiger partial charge on any atom is -0.456 e. The van der Waals surface area contributed by atoms with Crippen molar-refractivity contribution in [2.24, 2.45) is 0 Å². The first-order valence-electron chi connectivity index (χ1n) is 16.7. The first kappa shape index (κ1) is 29.4. The zero-order valence-corrected chi connectivity index (χ0v) is 27.7. The van der Waals surface area contributed by atoms with Crippen molar-refractivity contribution in [3.8, 4) is 20.9 Å². The van der Waals surface area contributed by atoms with Crippen LogP contribution in [0.3, 0.4) is 0 Å². The molecule has 44 heavy (non-hydrogen) atoms. The van der Waals surface area contributed by atoms with E-state index in [1.165, 1.54) is 108 Å². The van der Waals surface area contributed by atoms with E-state index in [9.17, 15) is 0 Å². The Hall–Kier alpha value is -3.34. The topological polar surface area (TPSA) is 26.3 Å². The molecule has 4 heteroatoms. The normalized spacial score (nSPS) is 12.0. The van der Waals surface area contributed by atoms with Gasteiger partial charge in [-0.05, 0) is 110 Å². The van der Waals surface area contributed by atoms with Crippen LogP contribution in [0, 0.1) is 0 Å². The van der Waals surface area contributed by atoms with Gasteiger partial charge in [-0.25, -0.2) is 0 Å². The fourth-order valence-electron chi connectivity index (χ4n) is 6.49. The molecule has 4 heterocycles. The second-order valence-corrected chi connectivity index (χ2v) is 14.7. The van der Waals surface area contributed by atoms with Crippen LogP contribution in [0.1, 0.15) is 87.8 Å². The zero-order valence-electron chi connectivity index (χ0n) is 26.0. The lowest BCUT2D eigenvalue weighted by molar-refractivity contribution is 0.634. The molecule has 0 saturated carbocycles. The molecule has 0 atom stereocenters. The average Bonchev–Trinajstić information content (AvgIpc) is 3.84. The van der Waals surface area contributed by atoms with E-state index < -0.39 is 0 Å². The van der Waals surface area contributed by atoms with Crippen molar-refractivity contribution < 1.29 is 8.83 Å². The highest BCUT2D eigenvalue weighted by molar-refractivity contribution is 7.15. The molecule has 0 saturated heterocycles. The maximum atomic E-state index is 6.40. The van der Waals surface area contributed by atoms with Gasteiger partial charge in [-0.2, -0.15) is 0 Å². The van der Waals surface area contributed by atoms with Gasteiger partial charge < -0.3 is 8.83 Å². The summed E-state index contributed by atoms with van der Waals surface area (Å²) in [5.74, 6) is 0. The number of thiophene rings is 2. The van der Waals surface area contributed by atoms with E-state index in [0.717, 1.165) is 43.9 Å². The summed E-state index contributed by atoms with van der Waals surface area (Å²) in [6.45, 7) is 4.55. The van der Waals surface area contributed by atoms with Gasteiger partial charge in [-0.1, -0.05) is 65.2 Å². The van der Waals surface area contributed by atoms with Gasteiger partial charge in [0.25, 0.3) is 0 Å². The van der Waals surface area contributed by atoms with Crippen LogP contribution in [-0.4, -0.2) is 0 Å². The lowest BCUT2D eigenvalue weighted by atomic mass is 10.1. The predicted octanol–water partition coefficient (Wildman–Crippen LogP) is 14.0. The highest BCUT2D eigenvalue weighted by atomic mass is 32.1. The molecule has 0 fully saturated rings. The standard InChI is InChI=1S/C40H42O2S2/c1-3-5-7-9-11-13-29-17-21-39(43-29)27-15-19-35-31(23-27)33-25-38-34(26-37(33)41-35)32-24-28(16-20-36(32)42-38)40-22-18-30(44-40)14-12-10-8-6-4-2/h15-26H,3-14H2,1-2H3. The molecule has 7 rings (SSSR count). The third kappa shape index (κ3) is 6.12. The molecule has 0 N–H and O–H groups in total. The Kier molecular flexibility index (Phi) is 8.91. The van der Waals surface area contributed by atoms with E-state index in [-0.39, 0.29) is 0 Å². The fourth-order valence-corrected chi connectivity index (χ4v) is 8.58. The molecular formula is C40H42O2S2. The van der Waals surface area contributed by atoms with Crippen molar-refractivity contribution in [1.29, 1.82) is 0 Å². The smallest absolute Gasteiger partial charge is 0.136 e. The number of rotatable bonds is 14. The monoisotopic (exact) mass is 618 g/mol. The van der Waals surface area contributed by atoms with E-state index in [4.69, 9.17) is 8.83 Å². The molecule has 0 radical (unpaired) electrons. The van der Waals surface area contributed by atoms with E-state index in [0.29, 0.717) is 0 Å². The summed E-state index contributed by atoms with van der Waals surface area (Å²) >= 11 is 3.86. The first-order valence-corrected chi connectivity index (χ1v) is 18.3. The third-order valence-electron chi connectivity index (χ3n) is 9.01. The predicted molar refractivity (Wildman–Crippen MR) is 193 cm³/mol. The Morgan fingerprint density at radius 2 is 0.864 bits per heavy atom. The summed E-state index contributed by atoms with van der Waals surface area (Å²) in [6, 6.07) is 26.8. The lowest BCUT2D eigenvalue weighted by Crippen LogP contribution is -1.81. The maximum absolute atomic E-state index is 6.40. The van der Waals surface area contributed by atoms with Gasteiger partial charge in [0.05, 0.1) is 0 Å². The van der Waals surface area contributed by atoms with Gasteiger partial charge in [-0.15, -0.1) is 22.7 Å². The molecule has 0 spiro atoms. The number of hydrogen-bond acceptors (Lipinski definition) is 4. The molecule has 3 aromatic carbocycles. The first-order chi connectivity index (χ1) is 21.7. The van der Waals surface area contributed by atoms with Crippen molar-refractivity contribution in [2.45, 2.75) is 90.9 Å². The number of fused-ring (bicyclic) bond motifs is 6. The second-order valence-electron chi connectivity index (χ2n) is 12.3. The van der Waals surface area contributed by atoms with Crippen LogP contribution in [0.25, 0.3) is 64.8 Å². The Labute approximate surface area is 268 Å². The maximum Gasteiger partial charge on any atom is 0.136 e. The van der Waals surface area contributed by atoms with Crippen LogP contribution in [0.2, 0.25) is 0 Å². The summed E-state index contributed by atoms with van der Waals surface area (Å²) in [6.07, 6.45) is 15.6. The number of benzene rings is 3. The number of furan rings is 2. The van der Waals surface area contributed by atoms with Crippen molar-refractivity contribution in [3.63, 3.8) is 0 Å². The molecule has 0 aliphatic carbocycles. The molecule has 0 aliphatic heterocycles. The van der Waals surface area contributed by atoms with E-state index in [2.05, 4.69) is 86.6 Å². The van der Waals surface area contributed by atoms with Crippen LogP contribution in [0.5, 0.6) is 0 Å². The van der Waals surface area contributed by atoms with Crippen molar-refractivity contribution >= 4 is 66.6 Å². The second kappa shape index (κ2) is 13.3. The van der Waals surface area contributed by atoms with Gasteiger partial charge >= 0.3 is 0 Å². The highest BCUT2D eigenvalue weighted by Gasteiger charge is 2.16. The van der Waals surface area contributed by atoms with Crippen molar-refractivity contribution in [2.75, 3.05) is 0 Å². The Morgan fingerprint density at radius 3 is 1.32 bits per heavy atom. The van der Waals surface area contributed by atoms with Gasteiger partial charge in [0.2, 0.25) is 0 Å². The van der Waals surface area contributed by atoms with Gasteiger partial charge in [0.15, 0.2) is 0 Å². The zero-order chi connectivity index (χ0) is 29.9. The molecule has 0 unspecified atom stereocenters. The quantitative estimate of drug-likeness (QED) is 0.113. The largest absolute Gasteiger partial charge is 0.456 e. The molecule has 4 aromatic heterocycles. The molecule has 7 aromatic rings. The molecule has 0 bridgehead atoms. The van der Waals surface area contributed by atoms with Crippen LogP contribution in [0.4, 0.5) is 0 Å². The van der Waals surface area contributed by atoms with E-state index in [1.807, 2.05) is 22.7 Å². The number of hydrogen-bond donors (Lipinski definition) is 0. The Bertz CT molecular complexity index is 1870. The van der Waals surface area contributed by atoms with Crippen LogP contribution in [0.15, 0.2) is 81.6 Å². The van der Waals surface area contributed by atoms with Crippen molar-refractivity contribution in [3.05, 3.63) is 82.6 Å². The highest BCUT2D eigenvalue weighted by Crippen LogP contribution is 2.40. The average molecular weight is 619 g/mol. The minimum absolute atomic E-state index is 0.915. The number of unbranched alkanes of at least 4 members (excludes halogenated alkanes) is 8. The number of aryl methyl sites for hydroxylation is 2. The third-order valence-corrected chi connectivity index (χ3v) is 11.4. The van der Waals surface area contributed by atoms with Gasteiger partial charge in [-0.3, -0.25) is 0 Å². The lowest BCUT2D eigenvalue weighted by Gasteiger charge is -1.99. The minimum atomic E-state index is 0.915. The van der Waals surface area contributed by atoms with E-state index >= 15 is 0 Å². The van der Waals surface area contributed by atoms with Gasteiger partial charge in [0, 0.05) is 41.1 Å². The summed E-state index contributed by atoms with van der Waals surface area (Å²) in [5.41, 5.74) is 6.20. The Morgan fingerprint density at radius 1 is 0.432 bits per heavy atom. The Balaban J connectivity index is 1.14. The van der Waals surface area contributed by atoms with E-state index in [1.54, 1.807) is 0 Å². The SMILES string of the molecule is CCCCCCCc1ccc(-c2ccc3oc4cc5c(cc4c3c2)oc2ccc(-c3ccc(CCCCCCC)s3)cc25)s1. The summed E-state index contributed by atoms with van der Waals surface area (Å²) < 4.78 is 12.8. The molecule has 0 amide bonds. The van der Waals surface area contributed by atoms with Crippen molar-refractivity contribution in [1.82, 2.24) is 0 Å². The summed E-state index contributed by atoms with van der Waals surface area (Å²) in [5, 5.41) is 4.53. The van der Waals surface area contributed by atoms with Crippen LogP contribution in [-0.2, 0) is 12.8 Å². The van der Waals surface area contributed by atoms with Crippen LogP contribution >= 0.6 is 22.7 Å². The molecular weight excluding hydrogens is 577 g/mol. The molecule has 0 aliphatic rings. The molecule has 2 nitrogen and oxygen atoms in total. The van der Waals surface area contributed by atoms with Gasteiger partial charge in [0.1, 0.15) is 22.3 Å². The molecule has 226 valence electrons. The fraction of sp³-hybridized carbons (Fsp3) is 0.350. The summed E-state index contributed by atoms with van der Waals surface area (Å²) in [4.78, 5) is 5.63. The summed E-state index contributed by atoms with van der Waals surface area (Å²) in [7, 11) is 0.